The van der Waals surface area contributed by atoms with Crippen LogP contribution >= 0.6 is 0 Å². The molecule has 0 aliphatic carbocycles. The Bertz CT molecular complexity index is 405. The minimum Gasteiger partial charge on any atom is -0.391 e. The number of hydrogen-bond acceptors (Lipinski definition) is 2. The fourth-order valence-corrected chi connectivity index (χ4v) is 2.17. The van der Waals surface area contributed by atoms with Crippen molar-refractivity contribution in [2.45, 2.75) is 45.3 Å². The molecule has 0 spiro atoms. The van der Waals surface area contributed by atoms with E-state index in [1.807, 2.05) is 21.0 Å². The van der Waals surface area contributed by atoms with Crippen LogP contribution in [0.15, 0.2) is 18.2 Å². The third kappa shape index (κ3) is 3.09. The molecule has 18 heavy (non-hydrogen) atoms. The summed E-state index contributed by atoms with van der Waals surface area (Å²) in [6, 6.07) is 4.73. The first-order chi connectivity index (χ1) is 8.31. The third-order valence-electron chi connectivity index (χ3n) is 4.17. The molecule has 0 aliphatic rings. The summed E-state index contributed by atoms with van der Waals surface area (Å²) in [4.78, 5) is 2.05. The van der Waals surface area contributed by atoms with Crippen molar-refractivity contribution < 1.29 is 9.50 Å². The van der Waals surface area contributed by atoms with Crippen LogP contribution in [0.4, 0.5) is 4.39 Å². The molecule has 2 nitrogen and oxygen atoms in total. The molecule has 1 N–H and O–H groups in total. The van der Waals surface area contributed by atoms with Crippen LogP contribution in [0.5, 0.6) is 0 Å². The molecule has 102 valence electrons. The highest BCUT2D eigenvalue weighted by Crippen LogP contribution is 2.25. The Labute approximate surface area is 109 Å². The van der Waals surface area contributed by atoms with Crippen LogP contribution in [0.2, 0.25) is 0 Å². The number of aliphatic hydroxyl groups is 1. The second-order valence-electron chi connectivity index (χ2n) is 5.40. The molecule has 1 aromatic rings. The molecule has 0 heterocycles. The molecular formula is C15H24FNO. The number of likely N-dealkylation sites (N-methyl/N-ethyl adjacent to an activating group) is 1. The Hall–Kier alpha value is -0.930. The fraction of sp³-hybridized carbons (Fsp3) is 0.600. The van der Waals surface area contributed by atoms with Gasteiger partial charge in [0.2, 0.25) is 0 Å². The molecule has 3 heteroatoms. The van der Waals surface area contributed by atoms with Gasteiger partial charge in [0, 0.05) is 12.0 Å². The number of aryl methyl sites for hydroxylation is 1. The van der Waals surface area contributed by atoms with Crippen molar-refractivity contribution in [1.29, 1.82) is 0 Å². The van der Waals surface area contributed by atoms with Crippen LogP contribution in [0, 0.1) is 12.7 Å². The van der Waals surface area contributed by atoms with Gasteiger partial charge in [0.1, 0.15) is 5.82 Å². The van der Waals surface area contributed by atoms with Crippen molar-refractivity contribution in [3.05, 3.63) is 35.1 Å². The predicted octanol–water partition coefficient (Wildman–Crippen LogP) is 2.77. The number of halogens is 1. The van der Waals surface area contributed by atoms with Gasteiger partial charge in [-0.15, -0.1) is 0 Å². The van der Waals surface area contributed by atoms with Crippen molar-refractivity contribution in [3.8, 4) is 0 Å². The summed E-state index contributed by atoms with van der Waals surface area (Å²) in [5.74, 6) is -0.225. The van der Waals surface area contributed by atoms with Gasteiger partial charge in [-0.25, -0.2) is 4.39 Å². The number of aliphatic hydroxyl groups excluding tert-OH is 1. The molecule has 0 amide bonds. The summed E-state index contributed by atoms with van der Waals surface area (Å²) >= 11 is 0. The molecule has 0 saturated carbocycles. The number of benzene rings is 1. The van der Waals surface area contributed by atoms with Crippen LogP contribution < -0.4 is 0 Å². The van der Waals surface area contributed by atoms with Crippen molar-refractivity contribution in [3.63, 3.8) is 0 Å². The lowest BCUT2D eigenvalue weighted by molar-refractivity contribution is 0.00292. The molecule has 0 aromatic heterocycles. The lowest BCUT2D eigenvalue weighted by atomic mass is 9.85. The standard InChI is InChI=1S/C15H24FNO/c1-6-15(3,17(4)5)14(18)10-12-7-8-13(16)9-11(12)2/h7-9,14,18H,6,10H2,1-5H3. The molecule has 1 rings (SSSR count). The summed E-state index contributed by atoms with van der Waals surface area (Å²) in [5.41, 5.74) is 1.64. The van der Waals surface area contributed by atoms with Gasteiger partial charge in [0.05, 0.1) is 6.10 Å². The molecule has 2 unspecified atom stereocenters. The van der Waals surface area contributed by atoms with Crippen LogP contribution in [-0.2, 0) is 6.42 Å². The first-order valence-corrected chi connectivity index (χ1v) is 6.41. The Kier molecular flexibility index (Phi) is 4.88. The van der Waals surface area contributed by atoms with E-state index in [0.29, 0.717) is 6.42 Å². The molecule has 0 aliphatic heterocycles. The lowest BCUT2D eigenvalue weighted by Crippen LogP contribution is -2.51. The first-order valence-electron chi connectivity index (χ1n) is 6.41. The molecular weight excluding hydrogens is 229 g/mol. The lowest BCUT2D eigenvalue weighted by Gasteiger charge is -2.40. The zero-order valence-corrected chi connectivity index (χ0v) is 12.0. The summed E-state index contributed by atoms with van der Waals surface area (Å²) in [7, 11) is 3.95. The van der Waals surface area contributed by atoms with Crippen LogP contribution in [0.1, 0.15) is 31.4 Å². The maximum atomic E-state index is 13.0. The highest BCUT2D eigenvalue weighted by molar-refractivity contribution is 5.27. The number of hydrogen-bond donors (Lipinski definition) is 1. The van der Waals surface area contributed by atoms with E-state index in [9.17, 15) is 9.50 Å². The first kappa shape index (κ1) is 15.1. The highest BCUT2D eigenvalue weighted by atomic mass is 19.1. The van der Waals surface area contributed by atoms with E-state index in [1.54, 1.807) is 6.07 Å². The Morgan fingerprint density at radius 2 is 2.00 bits per heavy atom. The van der Waals surface area contributed by atoms with Gasteiger partial charge in [0.15, 0.2) is 0 Å². The highest BCUT2D eigenvalue weighted by Gasteiger charge is 2.33. The zero-order chi connectivity index (χ0) is 13.9. The zero-order valence-electron chi connectivity index (χ0n) is 12.0. The van der Waals surface area contributed by atoms with Crippen molar-refractivity contribution in [2.75, 3.05) is 14.1 Å². The monoisotopic (exact) mass is 253 g/mol. The maximum absolute atomic E-state index is 13.0. The van der Waals surface area contributed by atoms with Crippen LogP contribution in [0.3, 0.4) is 0 Å². The van der Waals surface area contributed by atoms with Gasteiger partial charge in [-0.2, -0.15) is 0 Å². The Morgan fingerprint density at radius 1 is 1.39 bits per heavy atom. The summed E-state index contributed by atoms with van der Waals surface area (Å²) in [5, 5.41) is 10.5. The molecule has 1 aromatic carbocycles. The molecule has 0 saturated heterocycles. The van der Waals surface area contributed by atoms with E-state index in [0.717, 1.165) is 17.5 Å². The Morgan fingerprint density at radius 3 is 2.44 bits per heavy atom. The third-order valence-corrected chi connectivity index (χ3v) is 4.17. The Balaban J connectivity index is 2.89. The molecule has 0 bridgehead atoms. The smallest absolute Gasteiger partial charge is 0.123 e. The van der Waals surface area contributed by atoms with E-state index in [-0.39, 0.29) is 11.4 Å². The second kappa shape index (κ2) is 5.81. The van der Waals surface area contributed by atoms with E-state index < -0.39 is 6.10 Å². The van der Waals surface area contributed by atoms with Crippen molar-refractivity contribution in [2.24, 2.45) is 0 Å². The maximum Gasteiger partial charge on any atom is 0.123 e. The average Bonchev–Trinajstić information content (AvgIpc) is 2.31. The van der Waals surface area contributed by atoms with Gasteiger partial charge in [-0.05, 0) is 57.6 Å². The molecule has 2 atom stereocenters. The van der Waals surface area contributed by atoms with E-state index in [2.05, 4.69) is 18.7 Å². The quantitative estimate of drug-likeness (QED) is 0.872. The average molecular weight is 253 g/mol. The van der Waals surface area contributed by atoms with E-state index in [4.69, 9.17) is 0 Å². The normalized spacial score (nSPS) is 16.7. The summed E-state index contributed by atoms with van der Waals surface area (Å²) < 4.78 is 13.0. The van der Waals surface area contributed by atoms with Gasteiger partial charge < -0.3 is 10.0 Å². The molecule has 0 fully saturated rings. The molecule has 0 radical (unpaired) electrons. The number of rotatable bonds is 5. The predicted molar refractivity (Wildman–Crippen MR) is 73.2 cm³/mol. The van der Waals surface area contributed by atoms with E-state index >= 15 is 0 Å². The van der Waals surface area contributed by atoms with Crippen LogP contribution in [0.25, 0.3) is 0 Å². The topological polar surface area (TPSA) is 23.5 Å². The minimum absolute atomic E-state index is 0.225. The fourth-order valence-electron chi connectivity index (χ4n) is 2.17. The van der Waals surface area contributed by atoms with Gasteiger partial charge in [0.25, 0.3) is 0 Å². The second-order valence-corrected chi connectivity index (χ2v) is 5.40. The van der Waals surface area contributed by atoms with E-state index in [1.165, 1.54) is 12.1 Å². The summed E-state index contributed by atoms with van der Waals surface area (Å²) in [6.45, 7) is 6.00. The largest absolute Gasteiger partial charge is 0.391 e. The van der Waals surface area contributed by atoms with Crippen LogP contribution in [-0.4, -0.2) is 35.7 Å². The summed E-state index contributed by atoms with van der Waals surface area (Å²) in [6.07, 6.45) is 0.942. The number of nitrogens with zero attached hydrogens (tertiary/aromatic N) is 1. The minimum atomic E-state index is -0.471. The van der Waals surface area contributed by atoms with Crippen molar-refractivity contribution in [1.82, 2.24) is 4.90 Å². The van der Waals surface area contributed by atoms with Gasteiger partial charge in [-0.3, -0.25) is 0 Å². The van der Waals surface area contributed by atoms with Gasteiger partial charge >= 0.3 is 0 Å². The van der Waals surface area contributed by atoms with Gasteiger partial charge in [-0.1, -0.05) is 13.0 Å². The van der Waals surface area contributed by atoms with Crippen molar-refractivity contribution >= 4 is 0 Å². The SMILES string of the molecule is CCC(C)(C(O)Cc1ccc(F)cc1C)N(C)C.